The van der Waals surface area contributed by atoms with Crippen LogP contribution in [0.3, 0.4) is 0 Å². The second-order valence-electron chi connectivity index (χ2n) is 17.4. The molecule has 4 atom stereocenters. The molecule has 3 aliphatic rings. The van der Waals surface area contributed by atoms with Crippen LogP contribution in [0.1, 0.15) is 100 Å². The predicted molar refractivity (Wildman–Crippen MR) is 224 cm³/mol. The monoisotopic (exact) mass is 819 g/mol. The van der Waals surface area contributed by atoms with Gasteiger partial charge in [-0.1, -0.05) is 40.7 Å². The van der Waals surface area contributed by atoms with Crippen molar-refractivity contribution in [2.45, 2.75) is 91.1 Å². The maximum absolute atomic E-state index is 16.8. The second-order valence-corrected chi connectivity index (χ2v) is 18.6. The van der Waals surface area contributed by atoms with Crippen molar-refractivity contribution in [3.8, 4) is 39.5 Å². The van der Waals surface area contributed by atoms with Crippen molar-refractivity contribution < 1.29 is 23.5 Å². The third-order valence-electron chi connectivity index (χ3n) is 11.6. The Morgan fingerprint density at radius 1 is 1.00 bits per heavy atom. The fourth-order valence-corrected chi connectivity index (χ4v) is 9.93. The molecule has 9 rings (SSSR count). The minimum absolute atomic E-state index is 0.0527. The Morgan fingerprint density at radius 3 is 2.53 bits per heavy atom. The molecule has 59 heavy (non-hydrogen) atoms. The van der Waals surface area contributed by atoms with Crippen molar-refractivity contribution in [3.63, 3.8) is 0 Å². The van der Waals surface area contributed by atoms with Gasteiger partial charge in [-0.2, -0.15) is 0 Å². The standard InChI is InChI=1S/C44H50FN9O4S/c1-23(2)38(52-43(56)57-6)41(55)53-14-8-10-32(53)40-49-21-30(51-40)25-16-27(45)37-33-17-26-15-24(29-20-48-39(50-29)28-9-7-13-46-28)11-12-31(26)54(33)42(58-34(37)18-25)35-22-47-36(59-35)19-44(3,4)5/h11-12,15-18,20-23,28,32,38,42,46H,7-10,13-14,19H2,1-6H3,(H,48,50)(H,49,51)(H,52,56). The Hall–Kier alpha value is -5.54. The molecule has 6 aromatic rings. The zero-order valence-corrected chi connectivity index (χ0v) is 35.0. The van der Waals surface area contributed by atoms with Gasteiger partial charge in [-0.25, -0.2) is 24.1 Å². The van der Waals surface area contributed by atoms with Crippen LogP contribution in [0, 0.1) is 17.2 Å². The highest BCUT2D eigenvalue weighted by atomic mass is 32.1. The van der Waals surface area contributed by atoms with E-state index in [-0.39, 0.29) is 29.3 Å². The Bertz CT molecular complexity index is 2540. The van der Waals surface area contributed by atoms with E-state index in [1.165, 1.54) is 13.2 Å². The van der Waals surface area contributed by atoms with Crippen molar-refractivity contribution >= 4 is 34.2 Å². The van der Waals surface area contributed by atoms with E-state index >= 15 is 4.39 Å². The predicted octanol–water partition coefficient (Wildman–Crippen LogP) is 8.68. The Kier molecular flexibility index (Phi) is 10.1. The molecule has 3 aliphatic heterocycles. The number of methoxy groups -OCH3 is 1. The summed E-state index contributed by atoms with van der Waals surface area (Å²) in [7, 11) is 1.28. The molecule has 2 amide bonds. The van der Waals surface area contributed by atoms with E-state index in [4.69, 9.17) is 24.4 Å². The van der Waals surface area contributed by atoms with Gasteiger partial charge in [0.05, 0.1) is 69.6 Å². The number of benzene rings is 2. The summed E-state index contributed by atoms with van der Waals surface area (Å²) in [6.45, 7) is 11.9. The van der Waals surface area contributed by atoms with Crippen LogP contribution >= 0.6 is 11.3 Å². The number of halogens is 1. The van der Waals surface area contributed by atoms with Gasteiger partial charge in [0.1, 0.15) is 29.3 Å². The van der Waals surface area contributed by atoms with Gasteiger partial charge in [0, 0.05) is 35.7 Å². The number of alkyl carbamates (subject to hydrolysis) is 1. The van der Waals surface area contributed by atoms with E-state index < -0.39 is 24.2 Å². The maximum Gasteiger partial charge on any atom is 0.407 e. The normalized spacial score (nSPS) is 19.5. The largest absolute Gasteiger partial charge is 0.464 e. The summed E-state index contributed by atoms with van der Waals surface area (Å²) in [5, 5.41) is 8.17. The van der Waals surface area contributed by atoms with Crippen molar-refractivity contribution in [3.05, 3.63) is 82.3 Å². The minimum Gasteiger partial charge on any atom is -0.464 e. The molecule has 4 N–H and O–H groups in total. The third kappa shape index (κ3) is 7.39. The molecule has 2 aromatic carbocycles. The highest BCUT2D eigenvalue weighted by Crippen LogP contribution is 2.48. The van der Waals surface area contributed by atoms with Crippen LogP contribution in [-0.2, 0) is 16.0 Å². The number of aromatic nitrogens is 6. The van der Waals surface area contributed by atoms with Gasteiger partial charge in [0.25, 0.3) is 0 Å². The van der Waals surface area contributed by atoms with Gasteiger partial charge in [0.2, 0.25) is 12.1 Å². The number of imidazole rings is 2. The summed E-state index contributed by atoms with van der Waals surface area (Å²) >= 11 is 1.62. The molecule has 4 unspecified atom stereocenters. The first-order valence-electron chi connectivity index (χ1n) is 20.4. The van der Waals surface area contributed by atoms with E-state index in [2.05, 4.69) is 64.1 Å². The summed E-state index contributed by atoms with van der Waals surface area (Å²) < 4.78 is 30.5. The Labute approximate surface area is 346 Å². The average molecular weight is 820 g/mol. The lowest BCUT2D eigenvalue weighted by atomic mass is 9.93. The summed E-state index contributed by atoms with van der Waals surface area (Å²) in [5.74, 6) is 1.17. The van der Waals surface area contributed by atoms with Crippen molar-refractivity contribution in [2.75, 3.05) is 20.2 Å². The number of ether oxygens (including phenoxy) is 2. The van der Waals surface area contributed by atoms with Crippen LogP contribution in [0.15, 0.2) is 55.0 Å². The minimum atomic E-state index is -0.750. The van der Waals surface area contributed by atoms with Crippen LogP contribution in [0.25, 0.3) is 44.7 Å². The number of nitrogens with one attached hydrogen (secondary N) is 4. The number of rotatable bonds is 9. The quantitative estimate of drug-likeness (QED) is 0.113. The van der Waals surface area contributed by atoms with Crippen LogP contribution in [0.2, 0.25) is 0 Å². The molecule has 2 saturated heterocycles. The van der Waals surface area contributed by atoms with Gasteiger partial charge >= 0.3 is 6.09 Å². The van der Waals surface area contributed by atoms with Crippen LogP contribution in [0.4, 0.5) is 9.18 Å². The number of carbonyl (C=O) groups excluding carboxylic acids is 2. The molecule has 0 saturated carbocycles. The van der Waals surface area contributed by atoms with Crippen molar-refractivity contribution in [1.29, 1.82) is 0 Å². The number of aromatic amines is 2. The molecule has 4 aromatic heterocycles. The van der Waals surface area contributed by atoms with E-state index in [0.717, 1.165) is 70.1 Å². The molecule has 7 heterocycles. The fourth-order valence-electron chi connectivity index (χ4n) is 8.68. The van der Waals surface area contributed by atoms with Crippen LogP contribution in [-0.4, -0.2) is 72.6 Å². The van der Waals surface area contributed by atoms with Crippen molar-refractivity contribution in [1.82, 2.24) is 45.0 Å². The summed E-state index contributed by atoms with van der Waals surface area (Å²) in [6, 6.07) is 10.8. The molecule has 0 spiro atoms. The maximum atomic E-state index is 16.8. The van der Waals surface area contributed by atoms with Crippen LogP contribution < -0.4 is 15.4 Å². The topological polar surface area (TPSA) is 155 Å². The molecule has 15 heteroatoms. The number of likely N-dealkylation sites (tertiary alicyclic amines) is 1. The van der Waals surface area contributed by atoms with Crippen LogP contribution in [0.5, 0.6) is 5.75 Å². The van der Waals surface area contributed by atoms with Gasteiger partial charge in [-0.15, -0.1) is 11.3 Å². The first-order chi connectivity index (χ1) is 28.3. The Balaban J connectivity index is 1.07. The lowest BCUT2D eigenvalue weighted by Gasteiger charge is -2.30. The van der Waals surface area contributed by atoms with Gasteiger partial charge in [-0.05, 0) is 73.9 Å². The molecular weight excluding hydrogens is 770 g/mol. The van der Waals surface area contributed by atoms with Gasteiger partial charge < -0.3 is 35.0 Å². The zero-order chi connectivity index (χ0) is 41.2. The lowest BCUT2D eigenvalue weighted by molar-refractivity contribution is -0.135. The third-order valence-corrected chi connectivity index (χ3v) is 12.6. The number of H-pyrrole nitrogens is 2. The highest BCUT2D eigenvalue weighted by molar-refractivity contribution is 7.11. The first-order valence-corrected chi connectivity index (χ1v) is 21.3. The Morgan fingerprint density at radius 2 is 1.78 bits per heavy atom. The molecule has 13 nitrogen and oxygen atoms in total. The van der Waals surface area contributed by atoms with Crippen molar-refractivity contribution in [2.24, 2.45) is 11.3 Å². The highest BCUT2D eigenvalue weighted by Gasteiger charge is 2.38. The molecule has 2 fully saturated rings. The lowest BCUT2D eigenvalue weighted by Crippen LogP contribution is -2.51. The number of thiazole rings is 1. The molecule has 0 bridgehead atoms. The number of carbonyl (C=O) groups is 2. The molecule has 0 radical (unpaired) electrons. The number of fused-ring (bicyclic) bond motifs is 5. The number of hydrogen-bond acceptors (Lipinski definition) is 9. The zero-order valence-electron chi connectivity index (χ0n) is 34.2. The van der Waals surface area contributed by atoms with Gasteiger partial charge in [0.15, 0.2) is 0 Å². The van der Waals surface area contributed by atoms with E-state index in [9.17, 15) is 9.59 Å². The number of amides is 2. The molecular formula is C44H50FN9O4S. The molecule has 0 aliphatic carbocycles. The fraction of sp³-hybridized carbons (Fsp3) is 0.432. The summed E-state index contributed by atoms with van der Waals surface area (Å²) in [4.78, 5) is 49.7. The summed E-state index contributed by atoms with van der Waals surface area (Å²) in [6.07, 6.45) is 8.68. The van der Waals surface area contributed by atoms with E-state index in [1.807, 2.05) is 38.4 Å². The first kappa shape index (κ1) is 38.9. The molecule has 308 valence electrons. The number of hydrogen-bond donors (Lipinski definition) is 4. The van der Waals surface area contributed by atoms with Gasteiger partial charge in [-0.3, -0.25) is 9.36 Å². The van der Waals surface area contributed by atoms with E-state index in [1.54, 1.807) is 22.4 Å². The SMILES string of the molecule is COC(=O)NC(C(=O)N1CCCC1c1ncc(-c2cc(F)c3c(c2)OC(c2cnc(CC(C)(C)C)s2)n2c-3cc3cc(-c4cnc(C5CCCN5)[nH]4)ccc32)[nH]1)C(C)C. The van der Waals surface area contributed by atoms with E-state index in [0.29, 0.717) is 47.1 Å². The smallest absolute Gasteiger partial charge is 0.407 e. The average Bonchev–Trinajstić information content (AvgIpc) is 4.05. The number of nitrogens with zero attached hydrogens (tertiary/aromatic N) is 5. The second kappa shape index (κ2) is 15.2. The summed E-state index contributed by atoms with van der Waals surface area (Å²) in [5.41, 5.74) is 5.15.